The van der Waals surface area contributed by atoms with Crippen LogP contribution in [0, 0.1) is 36.5 Å². The summed E-state index contributed by atoms with van der Waals surface area (Å²) >= 11 is 7.91. The summed E-state index contributed by atoms with van der Waals surface area (Å²) in [5.41, 5.74) is 5.27. The minimum absolute atomic E-state index is 0.0415. The molecule has 0 spiro atoms. The number of thiophene rings is 2. The van der Waals surface area contributed by atoms with Gasteiger partial charge in [0.2, 0.25) is 0 Å². The lowest BCUT2D eigenvalue weighted by Gasteiger charge is -2.37. The second-order valence-corrected chi connectivity index (χ2v) is 15.9. The summed E-state index contributed by atoms with van der Waals surface area (Å²) in [7, 11) is 3.42. The van der Waals surface area contributed by atoms with E-state index in [4.69, 9.17) is 11.6 Å². The number of nitrogens with one attached hydrogen (secondary N) is 1. The van der Waals surface area contributed by atoms with Gasteiger partial charge in [0.1, 0.15) is 23.3 Å². The van der Waals surface area contributed by atoms with Crippen LogP contribution in [0.15, 0.2) is 81.0 Å². The number of hydrogen-bond acceptors (Lipinski definition) is 11. The number of carbonyl (C=O) groups excluding carboxylic acids is 2. The van der Waals surface area contributed by atoms with E-state index in [2.05, 4.69) is 33.3 Å². The molecule has 2 aromatic carbocycles. The van der Waals surface area contributed by atoms with Gasteiger partial charge in [-0.1, -0.05) is 35.4 Å². The zero-order valence-electron chi connectivity index (χ0n) is 32.0. The van der Waals surface area contributed by atoms with Gasteiger partial charge in [-0.3, -0.25) is 19.2 Å². The number of aromatic nitrogens is 2. The van der Waals surface area contributed by atoms with Gasteiger partial charge in [-0.15, -0.1) is 22.7 Å². The molecule has 6 aromatic rings. The third kappa shape index (κ3) is 8.65. The Morgan fingerprint density at radius 3 is 1.54 bits per heavy atom. The second-order valence-electron chi connectivity index (χ2n) is 13.7. The molecule has 15 heteroatoms. The predicted molar refractivity (Wildman–Crippen MR) is 229 cm³/mol. The first-order chi connectivity index (χ1) is 27.4. The van der Waals surface area contributed by atoms with Crippen LogP contribution in [-0.2, 0) is 14.1 Å². The molecule has 2 fully saturated rings. The number of anilines is 2. The molecule has 2 saturated heterocycles. The molecule has 0 atom stereocenters. The molecular formula is C42H41ClN8O4S2. The molecule has 0 saturated carbocycles. The number of nitriles is 2. The van der Waals surface area contributed by atoms with Crippen LogP contribution in [0.1, 0.15) is 41.6 Å². The number of piperazine rings is 2. The summed E-state index contributed by atoms with van der Waals surface area (Å²) < 4.78 is 3.10. The molecule has 12 nitrogen and oxygen atoms in total. The smallest absolute Gasteiger partial charge is 0.270 e. The van der Waals surface area contributed by atoms with Crippen molar-refractivity contribution in [1.29, 1.82) is 10.5 Å². The minimum atomic E-state index is -0.375. The number of fused-ring (bicyclic) bond motifs is 2. The van der Waals surface area contributed by atoms with Crippen LogP contribution in [-0.4, -0.2) is 77.5 Å². The molecule has 6 heterocycles. The fourth-order valence-corrected chi connectivity index (χ4v) is 8.56. The summed E-state index contributed by atoms with van der Waals surface area (Å²) in [5, 5.41) is 27.7. The molecule has 57 heavy (non-hydrogen) atoms. The Labute approximate surface area is 343 Å². The molecule has 1 N–H and O–H groups in total. The third-order valence-corrected chi connectivity index (χ3v) is 12.1. The van der Waals surface area contributed by atoms with Gasteiger partial charge in [-0.25, -0.2) is 0 Å². The molecule has 0 bridgehead atoms. The lowest BCUT2D eigenvalue weighted by molar-refractivity contribution is 0.0751. The summed E-state index contributed by atoms with van der Waals surface area (Å²) in [6, 6.07) is 23.4. The molecule has 8 rings (SSSR count). The van der Waals surface area contributed by atoms with Gasteiger partial charge in [0.05, 0.1) is 32.2 Å². The van der Waals surface area contributed by atoms with Crippen LogP contribution in [0.2, 0.25) is 0 Å². The van der Waals surface area contributed by atoms with Crippen LogP contribution in [0.4, 0.5) is 11.4 Å². The average molecular weight is 821 g/mol. The number of hydrogen-bond donors (Lipinski definition) is 1. The van der Waals surface area contributed by atoms with E-state index in [-0.39, 0.29) is 33.4 Å². The Kier molecular flexibility index (Phi) is 12.9. The number of rotatable bonds is 4. The first kappa shape index (κ1) is 40.9. The van der Waals surface area contributed by atoms with Crippen molar-refractivity contribution in [3.05, 3.63) is 124 Å². The topological polar surface area (TPSA) is 147 Å². The zero-order valence-corrected chi connectivity index (χ0v) is 34.4. The van der Waals surface area contributed by atoms with Gasteiger partial charge in [0, 0.05) is 77.2 Å². The Balaban J connectivity index is 0.000000166. The SMILES string of the molecule is Cc1ccc2c(c1)c(N1CCN(C(=O)c3cccs3)CC1)c(C#N)c(=O)n2C.Cc1ccc2c(c1)c(N1CCNCC1)c(C#N)c(=O)n2C.O=C(Cl)c1cccs1. The monoisotopic (exact) mass is 820 g/mol. The quantitative estimate of drug-likeness (QED) is 0.212. The highest BCUT2D eigenvalue weighted by Crippen LogP contribution is 2.31. The van der Waals surface area contributed by atoms with E-state index in [1.54, 1.807) is 30.8 Å². The molecule has 292 valence electrons. The standard InChI is InChI=1S/C21H20N4O2S.C16H18N4O.C5H3ClOS/c1-14-5-6-17-15(12-14)19(16(13-22)20(26)23(17)2)24-7-9-25(10-8-24)21(27)18-4-3-11-28-18;1-11-3-4-14-12(9-11)15(20-7-5-18-6-8-20)13(10-17)16(21)19(14)2;6-5(7)4-2-1-3-8-4/h3-6,11-12H,7-10H2,1-2H3;3-4,9,18H,5-8H2,1-2H3;1-3H. The summed E-state index contributed by atoms with van der Waals surface area (Å²) in [5.74, 6) is 0.0415. The second kappa shape index (κ2) is 18.0. The summed E-state index contributed by atoms with van der Waals surface area (Å²) in [6.45, 7) is 9.67. The fraction of sp³-hybridized carbons (Fsp3) is 0.286. The highest BCUT2D eigenvalue weighted by molar-refractivity contribution is 7.14. The van der Waals surface area contributed by atoms with Crippen LogP contribution >= 0.6 is 34.3 Å². The fourth-order valence-electron chi connectivity index (χ4n) is 7.12. The Hall–Kier alpha value is -5.77. The average Bonchev–Trinajstić information content (AvgIpc) is 3.98. The van der Waals surface area contributed by atoms with Crippen molar-refractivity contribution in [3.8, 4) is 12.1 Å². The number of pyridine rings is 2. The summed E-state index contributed by atoms with van der Waals surface area (Å²) in [6.07, 6.45) is 0. The van der Waals surface area contributed by atoms with E-state index in [1.165, 1.54) is 27.2 Å². The van der Waals surface area contributed by atoms with Crippen molar-refractivity contribution in [2.75, 3.05) is 62.2 Å². The number of amides is 1. The normalized spacial score (nSPS) is 13.9. The zero-order chi connectivity index (χ0) is 40.8. The van der Waals surface area contributed by atoms with Crippen molar-refractivity contribution < 1.29 is 9.59 Å². The maximum atomic E-state index is 12.7. The first-order valence-corrected chi connectivity index (χ1v) is 20.4. The summed E-state index contributed by atoms with van der Waals surface area (Å²) in [4.78, 5) is 55.5. The van der Waals surface area contributed by atoms with Crippen molar-refractivity contribution in [1.82, 2.24) is 19.4 Å². The maximum absolute atomic E-state index is 12.7. The first-order valence-electron chi connectivity index (χ1n) is 18.3. The molecule has 0 radical (unpaired) electrons. The van der Waals surface area contributed by atoms with Gasteiger partial charge < -0.3 is 29.2 Å². The predicted octanol–water partition coefficient (Wildman–Crippen LogP) is 6.00. The molecule has 1 amide bonds. The van der Waals surface area contributed by atoms with Crippen LogP contribution in [0.25, 0.3) is 21.8 Å². The van der Waals surface area contributed by atoms with E-state index in [0.717, 1.165) is 69.7 Å². The number of halogens is 1. The van der Waals surface area contributed by atoms with E-state index in [9.17, 15) is 29.7 Å². The lowest BCUT2D eigenvalue weighted by atomic mass is 10.0. The van der Waals surface area contributed by atoms with E-state index in [0.29, 0.717) is 36.7 Å². The number of benzene rings is 2. The molecular weight excluding hydrogens is 780 g/mol. The number of carbonyl (C=O) groups is 2. The Morgan fingerprint density at radius 1 is 0.684 bits per heavy atom. The van der Waals surface area contributed by atoms with Crippen molar-refractivity contribution >= 4 is 78.6 Å². The van der Waals surface area contributed by atoms with E-state index in [1.807, 2.05) is 72.0 Å². The lowest BCUT2D eigenvalue weighted by Crippen LogP contribution is -2.49. The molecule has 2 aliphatic rings. The molecule has 0 aliphatic carbocycles. The minimum Gasteiger partial charge on any atom is -0.367 e. The molecule has 0 unspecified atom stereocenters. The van der Waals surface area contributed by atoms with Crippen molar-refractivity contribution in [2.45, 2.75) is 13.8 Å². The number of nitrogens with zero attached hydrogens (tertiary/aromatic N) is 7. The van der Waals surface area contributed by atoms with Crippen LogP contribution in [0.3, 0.4) is 0 Å². The van der Waals surface area contributed by atoms with Gasteiger partial charge in [-0.05, 0) is 72.6 Å². The van der Waals surface area contributed by atoms with Gasteiger partial charge >= 0.3 is 0 Å². The maximum Gasteiger partial charge on any atom is 0.270 e. The largest absolute Gasteiger partial charge is 0.367 e. The Bertz CT molecular complexity index is 2640. The third-order valence-electron chi connectivity index (χ3n) is 10.0. The molecule has 2 aliphatic heterocycles. The van der Waals surface area contributed by atoms with E-state index < -0.39 is 0 Å². The van der Waals surface area contributed by atoms with Crippen LogP contribution < -0.4 is 26.2 Å². The highest BCUT2D eigenvalue weighted by Gasteiger charge is 2.27. The Morgan fingerprint density at radius 2 is 1.14 bits per heavy atom. The van der Waals surface area contributed by atoms with Crippen molar-refractivity contribution in [3.63, 3.8) is 0 Å². The van der Waals surface area contributed by atoms with Gasteiger partial charge in [0.15, 0.2) is 0 Å². The number of aryl methyl sites for hydroxylation is 4. The van der Waals surface area contributed by atoms with Gasteiger partial charge in [-0.2, -0.15) is 10.5 Å². The van der Waals surface area contributed by atoms with Gasteiger partial charge in [0.25, 0.3) is 22.3 Å². The van der Waals surface area contributed by atoms with Crippen molar-refractivity contribution in [2.24, 2.45) is 14.1 Å². The molecule has 4 aromatic heterocycles. The van der Waals surface area contributed by atoms with E-state index >= 15 is 0 Å². The van der Waals surface area contributed by atoms with Crippen LogP contribution in [0.5, 0.6) is 0 Å². The highest BCUT2D eigenvalue weighted by atomic mass is 35.5.